The minimum absolute atomic E-state index is 0.117. The third kappa shape index (κ3) is 3.84. The van der Waals surface area contributed by atoms with Crippen molar-refractivity contribution < 1.29 is 36.2 Å². The van der Waals surface area contributed by atoms with Gasteiger partial charge in [-0.25, -0.2) is 0 Å². The van der Waals surface area contributed by atoms with Crippen molar-refractivity contribution in [2.45, 2.75) is 12.5 Å². The van der Waals surface area contributed by atoms with E-state index in [1.165, 1.54) is 6.07 Å². The maximum Gasteiger partial charge on any atom is 0.573 e. The molecule has 0 amide bonds. The van der Waals surface area contributed by atoms with Crippen molar-refractivity contribution in [3.63, 3.8) is 0 Å². The van der Waals surface area contributed by atoms with Gasteiger partial charge in [0.1, 0.15) is 11.5 Å². The lowest BCUT2D eigenvalue weighted by Crippen LogP contribution is -2.17. The molecule has 22 heavy (non-hydrogen) atoms. The molecular formula is C14H8F6O2. The number of halogens is 6. The van der Waals surface area contributed by atoms with E-state index < -0.39 is 29.6 Å². The summed E-state index contributed by atoms with van der Waals surface area (Å²) in [6, 6.07) is 6.67. The number of aromatic hydroxyl groups is 1. The van der Waals surface area contributed by atoms with Crippen molar-refractivity contribution in [3.05, 3.63) is 48.0 Å². The Morgan fingerprint density at radius 3 is 2.14 bits per heavy atom. The average Bonchev–Trinajstić information content (AvgIpc) is 2.36. The van der Waals surface area contributed by atoms with Gasteiger partial charge in [0, 0.05) is 0 Å². The van der Waals surface area contributed by atoms with E-state index in [-0.39, 0.29) is 11.1 Å². The van der Waals surface area contributed by atoms with E-state index in [0.717, 1.165) is 30.3 Å². The van der Waals surface area contributed by atoms with Crippen LogP contribution in [0, 0.1) is 0 Å². The lowest BCUT2D eigenvalue weighted by molar-refractivity contribution is -0.274. The van der Waals surface area contributed by atoms with Gasteiger partial charge in [-0.2, -0.15) is 13.2 Å². The van der Waals surface area contributed by atoms with Gasteiger partial charge in [-0.05, 0) is 35.4 Å². The summed E-state index contributed by atoms with van der Waals surface area (Å²) in [7, 11) is 0. The van der Waals surface area contributed by atoms with Crippen molar-refractivity contribution in [2.75, 3.05) is 0 Å². The van der Waals surface area contributed by atoms with Crippen LogP contribution in [0.1, 0.15) is 5.56 Å². The molecule has 0 aliphatic carbocycles. The molecule has 0 atom stereocenters. The van der Waals surface area contributed by atoms with Crippen LogP contribution in [-0.4, -0.2) is 11.5 Å². The standard InChI is InChI=1S/C14H8F6O2/c15-13(16,17)12-7-9(21)4-5-11(12)8-2-1-3-10(6-8)22-14(18,19)20/h1-7,21H. The Morgan fingerprint density at radius 2 is 1.55 bits per heavy atom. The molecule has 2 nitrogen and oxygen atoms in total. The van der Waals surface area contributed by atoms with Gasteiger partial charge in [0.25, 0.3) is 0 Å². The van der Waals surface area contributed by atoms with Crippen LogP contribution >= 0.6 is 0 Å². The summed E-state index contributed by atoms with van der Waals surface area (Å²) in [5.74, 6) is -1.23. The second-order valence-electron chi connectivity index (χ2n) is 4.30. The SMILES string of the molecule is Oc1ccc(-c2cccc(OC(F)(F)F)c2)c(C(F)(F)F)c1. The fraction of sp³-hybridized carbons (Fsp3) is 0.143. The van der Waals surface area contributed by atoms with Crippen molar-refractivity contribution >= 4 is 0 Å². The molecule has 0 fully saturated rings. The molecule has 8 heteroatoms. The van der Waals surface area contributed by atoms with E-state index in [0.29, 0.717) is 6.07 Å². The lowest BCUT2D eigenvalue weighted by Gasteiger charge is -2.15. The number of rotatable bonds is 2. The van der Waals surface area contributed by atoms with E-state index in [1.54, 1.807) is 0 Å². The molecule has 0 bridgehead atoms. The Morgan fingerprint density at radius 1 is 0.864 bits per heavy atom. The highest BCUT2D eigenvalue weighted by Gasteiger charge is 2.35. The van der Waals surface area contributed by atoms with Crippen molar-refractivity contribution in [1.82, 2.24) is 0 Å². The number of hydrogen-bond donors (Lipinski definition) is 1. The van der Waals surface area contributed by atoms with Gasteiger partial charge in [-0.3, -0.25) is 0 Å². The molecule has 0 aromatic heterocycles. The molecule has 0 saturated heterocycles. The first-order valence-corrected chi connectivity index (χ1v) is 5.83. The van der Waals surface area contributed by atoms with Crippen LogP contribution in [0.3, 0.4) is 0 Å². The summed E-state index contributed by atoms with van der Waals surface area (Å²) < 4.78 is 79.1. The van der Waals surface area contributed by atoms with Gasteiger partial charge in [0.15, 0.2) is 0 Å². The highest BCUT2D eigenvalue weighted by Crippen LogP contribution is 2.39. The summed E-state index contributed by atoms with van der Waals surface area (Å²) in [5.41, 5.74) is -1.64. The average molecular weight is 322 g/mol. The summed E-state index contributed by atoms with van der Waals surface area (Å²) in [6.07, 6.45) is -9.71. The Labute approximate surface area is 120 Å². The van der Waals surface area contributed by atoms with Crippen LogP contribution in [0.25, 0.3) is 11.1 Å². The minimum atomic E-state index is -4.94. The molecule has 0 aliphatic rings. The number of benzene rings is 2. The van der Waals surface area contributed by atoms with Gasteiger partial charge < -0.3 is 9.84 Å². The monoisotopic (exact) mass is 322 g/mol. The van der Waals surface area contributed by atoms with Crippen molar-refractivity contribution in [3.8, 4) is 22.6 Å². The Bertz CT molecular complexity index is 676. The first kappa shape index (κ1) is 16.0. The highest BCUT2D eigenvalue weighted by molar-refractivity contribution is 5.70. The van der Waals surface area contributed by atoms with Crippen LogP contribution in [0.15, 0.2) is 42.5 Å². The smallest absolute Gasteiger partial charge is 0.508 e. The zero-order valence-electron chi connectivity index (χ0n) is 10.7. The molecule has 2 rings (SSSR count). The van der Waals surface area contributed by atoms with Gasteiger partial charge in [-0.15, -0.1) is 13.2 Å². The van der Waals surface area contributed by atoms with Crippen LogP contribution in [-0.2, 0) is 6.18 Å². The zero-order chi connectivity index (χ0) is 16.5. The van der Waals surface area contributed by atoms with Crippen LogP contribution in [0.2, 0.25) is 0 Å². The number of ether oxygens (including phenoxy) is 1. The zero-order valence-corrected chi connectivity index (χ0v) is 10.7. The highest BCUT2D eigenvalue weighted by atomic mass is 19.4. The number of phenolic OH excluding ortho intramolecular Hbond substituents is 1. The van der Waals surface area contributed by atoms with E-state index in [4.69, 9.17) is 0 Å². The fourth-order valence-electron chi connectivity index (χ4n) is 1.88. The van der Waals surface area contributed by atoms with E-state index in [1.807, 2.05) is 0 Å². The first-order chi connectivity index (χ1) is 10.1. The Kier molecular flexibility index (Phi) is 3.95. The molecular weight excluding hydrogens is 314 g/mol. The molecule has 0 unspecified atom stereocenters. The van der Waals surface area contributed by atoms with Gasteiger partial charge >= 0.3 is 12.5 Å². The van der Waals surface area contributed by atoms with Crippen LogP contribution in [0.5, 0.6) is 11.5 Å². The number of phenols is 1. The molecule has 118 valence electrons. The summed E-state index contributed by atoms with van der Waals surface area (Å²) in [4.78, 5) is 0. The third-order valence-electron chi connectivity index (χ3n) is 2.69. The molecule has 2 aromatic rings. The van der Waals surface area contributed by atoms with Crippen LogP contribution < -0.4 is 4.74 Å². The lowest BCUT2D eigenvalue weighted by atomic mass is 9.99. The summed E-state index contributed by atoms with van der Waals surface area (Å²) in [6.45, 7) is 0. The second kappa shape index (κ2) is 5.43. The molecule has 0 saturated carbocycles. The van der Waals surface area contributed by atoms with Gasteiger partial charge in [0.2, 0.25) is 0 Å². The largest absolute Gasteiger partial charge is 0.573 e. The maximum absolute atomic E-state index is 13.0. The molecule has 2 aromatic carbocycles. The summed E-state index contributed by atoms with van der Waals surface area (Å²) in [5, 5.41) is 9.18. The topological polar surface area (TPSA) is 29.5 Å². The predicted molar refractivity (Wildman–Crippen MR) is 65.2 cm³/mol. The Balaban J connectivity index is 2.51. The molecule has 0 spiro atoms. The third-order valence-corrected chi connectivity index (χ3v) is 2.69. The molecule has 0 heterocycles. The molecule has 0 radical (unpaired) electrons. The van der Waals surface area contributed by atoms with E-state index in [2.05, 4.69) is 4.74 Å². The Hall–Kier alpha value is -2.38. The quantitative estimate of drug-likeness (QED) is 0.791. The van der Waals surface area contributed by atoms with Crippen molar-refractivity contribution in [1.29, 1.82) is 0 Å². The fourth-order valence-corrected chi connectivity index (χ4v) is 1.88. The number of alkyl halides is 6. The molecule has 0 aliphatic heterocycles. The maximum atomic E-state index is 13.0. The second-order valence-corrected chi connectivity index (χ2v) is 4.30. The van der Waals surface area contributed by atoms with Gasteiger partial charge in [-0.1, -0.05) is 18.2 Å². The minimum Gasteiger partial charge on any atom is -0.508 e. The van der Waals surface area contributed by atoms with Crippen LogP contribution in [0.4, 0.5) is 26.3 Å². The summed E-state index contributed by atoms with van der Waals surface area (Å²) >= 11 is 0. The van der Waals surface area contributed by atoms with E-state index in [9.17, 15) is 31.4 Å². The van der Waals surface area contributed by atoms with Gasteiger partial charge in [0.05, 0.1) is 5.56 Å². The predicted octanol–water partition coefficient (Wildman–Crippen LogP) is 4.98. The van der Waals surface area contributed by atoms with E-state index >= 15 is 0 Å². The van der Waals surface area contributed by atoms with Crippen molar-refractivity contribution in [2.24, 2.45) is 0 Å². The number of hydrogen-bond acceptors (Lipinski definition) is 2. The first-order valence-electron chi connectivity index (χ1n) is 5.83. The molecule has 1 N–H and O–H groups in total. The normalized spacial score (nSPS) is 12.3.